The Balaban J connectivity index is 1.45. The van der Waals surface area contributed by atoms with Gasteiger partial charge in [0.2, 0.25) is 0 Å². The van der Waals surface area contributed by atoms with Crippen LogP contribution in [0.25, 0.3) is 22.2 Å². The van der Waals surface area contributed by atoms with Crippen LogP contribution in [-0.2, 0) is 4.79 Å². The van der Waals surface area contributed by atoms with Crippen LogP contribution in [0.1, 0.15) is 38.3 Å². The summed E-state index contributed by atoms with van der Waals surface area (Å²) in [5, 5.41) is 17.6. The molecule has 1 aliphatic rings. The van der Waals surface area contributed by atoms with Crippen LogP contribution in [0.2, 0.25) is 0 Å². The Morgan fingerprint density at radius 3 is 2.63 bits per heavy atom. The minimum absolute atomic E-state index is 0.0278. The predicted molar refractivity (Wildman–Crippen MR) is 147 cm³/mol. The molecule has 0 aliphatic carbocycles. The van der Waals surface area contributed by atoms with Gasteiger partial charge in [0, 0.05) is 30.3 Å². The van der Waals surface area contributed by atoms with Gasteiger partial charge in [-0.3, -0.25) is 14.9 Å². The molecule has 0 saturated carbocycles. The molecule has 0 unspecified atom stereocenters. The lowest BCUT2D eigenvalue weighted by molar-refractivity contribution is -0.127. The minimum Gasteiger partial charge on any atom is -0.457 e. The molecule has 8 heteroatoms. The molecule has 1 atom stereocenters. The zero-order valence-corrected chi connectivity index (χ0v) is 21.5. The molecule has 4 aromatic rings. The molecular weight excluding hydrogens is 476 g/mol. The second-order valence-corrected chi connectivity index (χ2v) is 9.89. The van der Waals surface area contributed by atoms with Crippen LogP contribution in [0.4, 0.5) is 5.82 Å². The average Bonchev–Trinajstić information content (AvgIpc) is 3.32. The number of anilines is 1. The number of nitrogen functional groups attached to an aromatic ring is 1. The van der Waals surface area contributed by atoms with Gasteiger partial charge in [0.1, 0.15) is 23.1 Å². The van der Waals surface area contributed by atoms with E-state index < -0.39 is 0 Å². The number of para-hydroxylation sites is 1. The summed E-state index contributed by atoms with van der Waals surface area (Å²) in [7, 11) is 0. The van der Waals surface area contributed by atoms with Gasteiger partial charge in [-0.15, -0.1) is 0 Å². The fraction of sp³-hybridized carbons (Fsp3) is 0.267. The van der Waals surface area contributed by atoms with Crippen LogP contribution in [0.5, 0.6) is 11.5 Å². The highest BCUT2D eigenvalue weighted by molar-refractivity contribution is 6.00. The second-order valence-electron chi connectivity index (χ2n) is 9.89. The van der Waals surface area contributed by atoms with Gasteiger partial charge < -0.3 is 15.4 Å². The van der Waals surface area contributed by atoms with E-state index in [1.807, 2.05) is 74.5 Å². The number of ether oxygens (including phenoxy) is 1. The Hall–Kier alpha value is -4.64. The first-order valence-electron chi connectivity index (χ1n) is 12.8. The number of nitrogens with two attached hydrogens (primary N) is 1. The van der Waals surface area contributed by atoms with Crippen LogP contribution in [0.15, 0.2) is 72.3 Å². The number of nitrogens with zero attached hydrogens (tertiary/aromatic N) is 4. The second kappa shape index (κ2) is 10.8. The first kappa shape index (κ1) is 25.0. The van der Waals surface area contributed by atoms with Gasteiger partial charge in [0.15, 0.2) is 5.82 Å². The van der Waals surface area contributed by atoms with Crippen molar-refractivity contribution < 1.29 is 9.53 Å². The van der Waals surface area contributed by atoms with Gasteiger partial charge in [-0.1, -0.05) is 38.1 Å². The Kier molecular flexibility index (Phi) is 7.09. The smallest absolute Gasteiger partial charge is 0.264 e. The number of nitrogens with one attached hydrogen (secondary N) is 1. The number of aromatic amines is 1. The first-order valence-corrected chi connectivity index (χ1v) is 12.8. The SMILES string of the molecule is CC(C)C=C(C#N)C(=O)N1CCC[C@@H](c2cc3[nH]nc(N)c3c(-c3ccc(Oc4ccccc4)cc3)n2)C1. The van der Waals surface area contributed by atoms with E-state index in [0.29, 0.717) is 18.9 Å². The van der Waals surface area contributed by atoms with E-state index in [2.05, 4.69) is 16.3 Å². The molecule has 2 aromatic carbocycles. The number of H-pyrrole nitrogens is 1. The van der Waals surface area contributed by atoms with Crippen molar-refractivity contribution in [2.75, 3.05) is 18.8 Å². The maximum Gasteiger partial charge on any atom is 0.264 e. The summed E-state index contributed by atoms with van der Waals surface area (Å²) < 4.78 is 5.94. The van der Waals surface area contributed by atoms with Crippen LogP contribution in [0, 0.1) is 17.2 Å². The van der Waals surface area contributed by atoms with Crippen LogP contribution in [-0.4, -0.2) is 39.1 Å². The number of amides is 1. The highest BCUT2D eigenvalue weighted by Crippen LogP contribution is 2.35. The molecule has 38 heavy (non-hydrogen) atoms. The number of hydrogen-bond acceptors (Lipinski definition) is 6. The molecule has 0 bridgehead atoms. The number of carbonyl (C=O) groups is 1. The summed E-state index contributed by atoms with van der Waals surface area (Å²) in [5.74, 6) is 1.80. The molecule has 0 radical (unpaired) electrons. The summed E-state index contributed by atoms with van der Waals surface area (Å²) in [4.78, 5) is 19.9. The Bertz CT molecular complexity index is 1520. The lowest BCUT2D eigenvalue weighted by atomic mass is 9.92. The van der Waals surface area contributed by atoms with Crippen LogP contribution < -0.4 is 10.5 Å². The largest absolute Gasteiger partial charge is 0.457 e. The summed E-state index contributed by atoms with van der Waals surface area (Å²) in [5.41, 5.74) is 9.71. The zero-order chi connectivity index (χ0) is 26.6. The summed E-state index contributed by atoms with van der Waals surface area (Å²) >= 11 is 0. The fourth-order valence-electron chi connectivity index (χ4n) is 4.88. The van der Waals surface area contributed by atoms with Gasteiger partial charge >= 0.3 is 0 Å². The van der Waals surface area contributed by atoms with Gasteiger partial charge in [-0.2, -0.15) is 10.4 Å². The number of benzene rings is 2. The van der Waals surface area contributed by atoms with Crippen LogP contribution >= 0.6 is 0 Å². The van der Waals surface area contributed by atoms with Gasteiger partial charge in [0.05, 0.1) is 16.6 Å². The van der Waals surface area contributed by atoms with Crippen molar-refractivity contribution in [3.05, 3.63) is 78.0 Å². The number of allylic oxidation sites excluding steroid dienone is 1. The third-order valence-electron chi connectivity index (χ3n) is 6.68. The quantitative estimate of drug-likeness (QED) is 0.251. The normalized spacial score (nSPS) is 16.0. The number of carbonyl (C=O) groups excluding carboxylic acids is 1. The third-order valence-corrected chi connectivity index (χ3v) is 6.68. The number of rotatable bonds is 6. The van der Waals surface area contributed by atoms with Gasteiger partial charge in [-0.25, -0.2) is 0 Å². The monoisotopic (exact) mass is 506 g/mol. The Morgan fingerprint density at radius 1 is 1.18 bits per heavy atom. The molecule has 3 N–H and O–H groups in total. The number of nitriles is 1. The lowest BCUT2D eigenvalue weighted by Gasteiger charge is -2.32. The number of fused-ring (bicyclic) bond motifs is 1. The first-order chi connectivity index (χ1) is 18.4. The van der Waals surface area contributed by atoms with Crippen LogP contribution in [0.3, 0.4) is 0 Å². The summed E-state index contributed by atoms with van der Waals surface area (Å²) in [6.07, 6.45) is 3.46. The van der Waals surface area contributed by atoms with Crippen molar-refractivity contribution >= 4 is 22.6 Å². The standard InChI is InChI=1S/C30H30N6O2/c1-19(2)15-22(17-31)30(37)36-14-6-7-21(18-36)25-16-26-27(29(32)35-34-26)28(33-25)20-10-12-24(13-11-20)38-23-8-4-3-5-9-23/h3-5,8-13,15-16,19,21H,6-7,14,18H2,1-2H3,(H3,32,34,35)/t21-/m1/s1. The molecule has 0 spiro atoms. The van der Waals surface area contributed by atoms with Gasteiger partial charge in [0.25, 0.3) is 5.91 Å². The third kappa shape index (κ3) is 5.23. The zero-order valence-electron chi connectivity index (χ0n) is 21.5. The molecule has 5 rings (SSSR count). The fourth-order valence-corrected chi connectivity index (χ4v) is 4.88. The summed E-state index contributed by atoms with van der Waals surface area (Å²) in [6, 6.07) is 21.4. The molecule has 8 nitrogen and oxygen atoms in total. The lowest BCUT2D eigenvalue weighted by Crippen LogP contribution is -2.40. The van der Waals surface area contributed by atoms with Crippen molar-refractivity contribution in [1.29, 1.82) is 5.26 Å². The molecule has 1 saturated heterocycles. The van der Waals surface area contributed by atoms with E-state index in [1.54, 1.807) is 11.0 Å². The highest BCUT2D eigenvalue weighted by atomic mass is 16.5. The minimum atomic E-state index is -0.216. The van der Waals surface area contributed by atoms with Crippen molar-refractivity contribution in [3.63, 3.8) is 0 Å². The highest BCUT2D eigenvalue weighted by Gasteiger charge is 2.28. The number of pyridine rings is 1. The molecule has 3 heterocycles. The molecule has 2 aromatic heterocycles. The molecule has 1 aliphatic heterocycles. The molecule has 1 fully saturated rings. The maximum absolute atomic E-state index is 13.1. The van der Waals surface area contributed by atoms with E-state index in [0.717, 1.165) is 52.2 Å². The van der Waals surface area contributed by atoms with E-state index >= 15 is 0 Å². The topological polar surface area (TPSA) is 121 Å². The maximum atomic E-state index is 13.1. The molecule has 1 amide bonds. The van der Waals surface area contributed by atoms with Crippen molar-refractivity contribution in [2.24, 2.45) is 5.92 Å². The Labute approximate surface area is 221 Å². The van der Waals surface area contributed by atoms with Crippen molar-refractivity contribution in [2.45, 2.75) is 32.6 Å². The van der Waals surface area contributed by atoms with E-state index in [9.17, 15) is 10.1 Å². The molecular formula is C30H30N6O2. The number of aromatic nitrogens is 3. The predicted octanol–water partition coefficient (Wildman–Crippen LogP) is 5.81. The summed E-state index contributed by atoms with van der Waals surface area (Å²) in [6.45, 7) is 5.05. The average molecular weight is 507 g/mol. The van der Waals surface area contributed by atoms with Crippen molar-refractivity contribution in [1.82, 2.24) is 20.1 Å². The number of hydrogen-bond donors (Lipinski definition) is 2. The Morgan fingerprint density at radius 2 is 1.92 bits per heavy atom. The van der Waals surface area contributed by atoms with E-state index in [1.165, 1.54) is 0 Å². The van der Waals surface area contributed by atoms with E-state index in [4.69, 9.17) is 15.5 Å². The van der Waals surface area contributed by atoms with Gasteiger partial charge in [-0.05, 0) is 61.2 Å². The number of likely N-dealkylation sites (tertiary alicyclic amines) is 1. The van der Waals surface area contributed by atoms with Crippen molar-refractivity contribution in [3.8, 4) is 28.8 Å². The number of piperidine rings is 1. The van der Waals surface area contributed by atoms with E-state index in [-0.39, 0.29) is 23.3 Å². The molecule has 192 valence electrons.